The van der Waals surface area contributed by atoms with Crippen LogP contribution in [0.1, 0.15) is 84.7 Å². The van der Waals surface area contributed by atoms with Crippen molar-refractivity contribution in [1.29, 1.82) is 0 Å². The predicted molar refractivity (Wildman–Crippen MR) is 175 cm³/mol. The summed E-state index contributed by atoms with van der Waals surface area (Å²) in [6.45, 7) is 12.1. The van der Waals surface area contributed by atoms with Crippen molar-refractivity contribution in [3.05, 3.63) is 48.6 Å². The van der Waals surface area contributed by atoms with Gasteiger partial charge in [-0.3, -0.25) is 24.0 Å². The second-order valence-electron chi connectivity index (χ2n) is 12.8. The molecule has 13 nitrogen and oxygen atoms in total. The summed E-state index contributed by atoms with van der Waals surface area (Å²) in [5.41, 5.74) is -0.304. The molecule has 0 aliphatic carbocycles. The van der Waals surface area contributed by atoms with Crippen molar-refractivity contribution in [3.63, 3.8) is 0 Å². The number of rotatable bonds is 17. The quantitative estimate of drug-likeness (QED) is 0.124. The summed E-state index contributed by atoms with van der Waals surface area (Å²) in [6.07, 6.45) is 2.67. The highest BCUT2D eigenvalue weighted by Gasteiger charge is 2.37. The summed E-state index contributed by atoms with van der Waals surface area (Å²) in [6, 6.07) is 5.59. The van der Waals surface area contributed by atoms with E-state index in [1.807, 2.05) is 13.8 Å². The van der Waals surface area contributed by atoms with Crippen molar-refractivity contribution in [2.45, 2.75) is 103 Å². The zero-order chi connectivity index (χ0) is 35.1. The smallest absolute Gasteiger partial charge is 0.333 e. The van der Waals surface area contributed by atoms with Crippen LogP contribution in [-0.2, 0) is 33.5 Å². The molecular weight excluding hydrogens is 606 g/mol. The van der Waals surface area contributed by atoms with Gasteiger partial charge in [-0.1, -0.05) is 56.7 Å². The molecule has 1 aromatic carbocycles. The first-order valence-corrected chi connectivity index (χ1v) is 16.2. The minimum atomic E-state index is -1.69. The van der Waals surface area contributed by atoms with E-state index in [2.05, 4.69) is 27.8 Å². The maximum atomic E-state index is 13.3. The van der Waals surface area contributed by atoms with Crippen molar-refractivity contribution >= 4 is 35.5 Å². The van der Waals surface area contributed by atoms with Gasteiger partial charge in [-0.15, -0.1) is 6.58 Å². The number of nitrogens with one attached hydrogen (secondary N) is 4. The Labute approximate surface area is 277 Å². The number of esters is 1. The number of hydrogen-bond acceptors (Lipinski definition) is 8. The lowest BCUT2D eigenvalue weighted by atomic mass is 10.0. The Bertz CT molecular complexity index is 1250. The van der Waals surface area contributed by atoms with Gasteiger partial charge >= 0.3 is 5.97 Å². The van der Waals surface area contributed by atoms with Gasteiger partial charge in [-0.05, 0) is 57.9 Å². The minimum Gasteiger partial charge on any atom is -0.458 e. The van der Waals surface area contributed by atoms with Crippen molar-refractivity contribution in [3.8, 4) is 0 Å². The molecule has 5 N–H and O–H groups in total. The predicted octanol–water partition coefficient (Wildman–Crippen LogP) is 1.66. The number of carbonyl (C=O) groups excluding carboxylic acids is 6. The maximum absolute atomic E-state index is 13.3. The van der Waals surface area contributed by atoms with E-state index in [0.29, 0.717) is 37.8 Å². The molecule has 0 radical (unpaired) electrons. The fourth-order valence-electron chi connectivity index (χ4n) is 5.03. The maximum Gasteiger partial charge on any atom is 0.333 e. The summed E-state index contributed by atoms with van der Waals surface area (Å²) in [5, 5.41) is 21.1. The van der Waals surface area contributed by atoms with E-state index in [0.717, 1.165) is 0 Å². The third-order valence-corrected chi connectivity index (χ3v) is 7.62. The fraction of sp³-hybridized carbons (Fsp3) is 0.588. The van der Waals surface area contributed by atoms with E-state index in [1.54, 1.807) is 57.2 Å². The van der Waals surface area contributed by atoms with E-state index in [9.17, 15) is 33.9 Å². The van der Waals surface area contributed by atoms with Crippen LogP contribution in [0.2, 0.25) is 0 Å². The van der Waals surface area contributed by atoms with Crippen LogP contribution in [0, 0.1) is 5.92 Å². The van der Waals surface area contributed by atoms with Gasteiger partial charge < -0.3 is 36.0 Å². The molecule has 1 saturated heterocycles. The molecule has 5 amide bonds. The van der Waals surface area contributed by atoms with E-state index in [4.69, 9.17) is 4.74 Å². The van der Waals surface area contributed by atoms with Crippen LogP contribution >= 0.6 is 0 Å². The minimum absolute atomic E-state index is 0.171. The normalized spacial score (nSPS) is 17.0. The van der Waals surface area contributed by atoms with Crippen LogP contribution in [0.15, 0.2) is 43.0 Å². The Morgan fingerprint density at radius 1 is 1.02 bits per heavy atom. The van der Waals surface area contributed by atoms with Gasteiger partial charge in [-0.2, -0.15) is 0 Å². The third-order valence-electron chi connectivity index (χ3n) is 7.62. The number of benzene rings is 1. The Balaban J connectivity index is 1.96. The molecule has 2 rings (SSSR count). The van der Waals surface area contributed by atoms with Crippen LogP contribution in [-0.4, -0.2) is 88.9 Å². The zero-order valence-corrected chi connectivity index (χ0v) is 28.2. The lowest BCUT2D eigenvalue weighted by molar-refractivity contribution is -0.158. The first kappa shape index (κ1) is 38.9. The summed E-state index contributed by atoms with van der Waals surface area (Å²) < 4.78 is 5.46. The molecule has 260 valence electrons. The number of nitrogens with zero attached hydrogens (tertiary/aromatic N) is 1. The highest BCUT2D eigenvalue weighted by atomic mass is 16.6. The van der Waals surface area contributed by atoms with Crippen molar-refractivity contribution in [2.75, 3.05) is 19.6 Å². The molecule has 0 saturated carbocycles. The van der Waals surface area contributed by atoms with Gasteiger partial charge in [0, 0.05) is 13.0 Å². The van der Waals surface area contributed by atoms with E-state index in [1.165, 1.54) is 4.90 Å². The van der Waals surface area contributed by atoms with E-state index >= 15 is 0 Å². The zero-order valence-electron chi connectivity index (χ0n) is 28.2. The number of amides is 5. The van der Waals surface area contributed by atoms with Crippen LogP contribution < -0.4 is 21.3 Å². The number of ether oxygens (including phenoxy) is 1. The van der Waals surface area contributed by atoms with Gasteiger partial charge in [0.05, 0.1) is 19.1 Å². The molecule has 0 spiro atoms. The molecule has 47 heavy (non-hydrogen) atoms. The fourth-order valence-corrected chi connectivity index (χ4v) is 5.03. The second-order valence-corrected chi connectivity index (χ2v) is 12.8. The number of allylic oxidation sites excluding steroid dienone is 1. The van der Waals surface area contributed by atoms with Crippen LogP contribution in [0.3, 0.4) is 0 Å². The average molecular weight is 658 g/mol. The van der Waals surface area contributed by atoms with Crippen LogP contribution in [0.25, 0.3) is 0 Å². The van der Waals surface area contributed by atoms with E-state index in [-0.39, 0.29) is 31.2 Å². The number of likely N-dealkylation sites (tertiary alicyclic amines) is 1. The topological polar surface area (TPSA) is 183 Å². The summed E-state index contributed by atoms with van der Waals surface area (Å²) in [5.74, 6) is -3.26. The molecule has 5 atom stereocenters. The lowest BCUT2D eigenvalue weighted by Gasteiger charge is -2.28. The van der Waals surface area contributed by atoms with Crippen molar-refractivity contribution in [2.24, 2.45) is 5.92 Å². The standard InChI is InChI=1S/C34H51N5O8/c1-7-13-24(37-31(44)25-16-12-19-39(25)28(42)21-35-26(40)18-17-22(3)8-2)30(43)32(45)36-20-27(41)38-29(23-14-10-9-11-15-23)33(46)47-34(4,5)6/h8-11,14-15,22,24-25,29-30,43H,2,7,12-13,16-21H2,1,3-6H3,(H,35,40)(H,36,45)(H,37,44)(H,38,41). The summed E-state index contributed by atoms with van der Waals surface area (Å²) in [4.78, 5) is 78.2. The Kier molecular flexibility index (Phi) is 15.5. The number of carbonyl (C=O) groups is 6. The Morgan fingerprint density at radius 3 is 2.32 bits per heavy atom. The highest BCUT2D eigenvalue weighted by Crippen LogP contribution is 2.20. The monoisotopic (exact) mass is 657 g/mol. The molecule has 1 aliphatic rings. The van der Waals surface area contributed by atoms with Crippen molar-refractivity contribution in [1.82, 2.24) is 26.2 Å². The first-order valence-electron chi connectivity index (χ1n) is 16.2. The van der Waals surface area contributed by atoms with Crippen LogP contribution in [0.4, 0.5) is 0 Å². The SMILES string of the molecule is C=CC(C)CCC(=O)NCC(=O)N1CCCC1C(=O)NC(CCC)C(O)C(=O)NCC(=O)NC(C(=O)OC(C)(C)C)c1ccccc1. The molecule has 1 aromatic rings. The van der Waals surface area contributed by atoms with Gasteiger partial charge in [0.15, 0.2) is 12.1 Å². The number of aliphatic hydroxyl groups excluding tert-OH is 1. The Hall–Kier alpha value is -4.26. The van der Waals surface area contributed by atoms with Gasteiger partial charge in [0.25, 0.3) is 5.91 Å². The largest absolute Gasteiger partial charge is 0.458 e. The molecule has 13 heteroatoms. The highest BCUT2D eigenvalue weighted by molar-refractivity contribution is 5.92. The van der Waals surface area contributed by atoms with Gasteiger partial charge in [-0.25, -0.2) is 4.79 Å². The first-order chi connectivity index (χ1) is 22.2. The molecule has 1 fully saturated rings. The number of hydrogen-bond donors (Lipinski definition) is 5. The second kappa shape index (κ2) is 18.8. The lowest BCUT2D eigenvalue weighted by Crippen LogP contribution is -2.56. The van der Waals surface area contributed by atoms with Crippen molar-refractivity contribution < 1.29 is 38.6 Å². The molecule has 1 heterocycles. The summed E-state index contributed by atoms with van der Waals surface area (Å²) in [7, 11) is 0. The molecule has 5 unspecified atom stereocenters. The third kappa shape index (κ3) is 13.2. The van der Waals surface area contributed by atoms with Crippen LogP contribution in [0.5, 0.6) is 0 Å². The average Bonchev–Trinajstić information content (AvgIpc) is 3.53. The van der Waals surface area contributed by atoms with E-state index < -0.39 is 66.0 Å². The summed E-state index contributed by atoms with van der Waals surface area (Å²) >= 11 is 0. The molecular formula is C34H51N5O8. The molecule has 0 bridgehead atoms. The Morgan fingerprint density at radius 2 is 1.70 bits per heavy atom. The molecule has 0 aromatic heterocycles. The molecule has 1 aliphatic heterocycles. The number of aliphatic hydroxyl groups is 1. The van der Waals surface area contributed by atoms with Gasteiger partial charge in [0.2, 0.25) is 23.6 Å². The van der Waals surface area contributed by atoms with Gasteiger partial charge in [0.1, 0.15) is 11.6 Å².